The second-order valence-corrected chi connectivity index (χ2v) is 7.81. The summed E-state index contributed by atoms with van der Waals surface area (Å²) >= 11 is 9.05. The largest absolute Gasteiger partial charge is 0.347 e. The van der Waals surface area contributed by atoms with Gasteiger partial charge < -0.3 is 5.32 Å². The van der Waals surface area contributed by atoms with Crippen molar-refractivity contribution in [2.45, 2.75) is 4.90 Å². The van der Waals surface area contributed by atoms with Crippen LogP contribution in [0, 0.1) is 0 Å². The quantitative estimate of drug-likeness (QED) is 0.850. The second-order valence-electron chi connectivity index (χ2n) is 4.13. The lowest BCUT2D eigenvalue weighted by molar-refractivity contribution is 0.0957. The van der Waals surface area contributed by atoms with Crippen molar-refractivity contribution in [2.75, 3.05) is 20.6 Å². The molecule has 1 aromatic rings. The van der Waals surface area contributed by atoms with Crippen LogP contribution in [0.15, 0.2) is 34.2 Å². The van der Waals surface area contributed by atoms with E-state index in [1.165, 1.54) is 32.3 Å². The fourth-order valence-electron chi connectivity index (χ4n) is 1.32. The third-order valence-electron chi connectivity index (χ3n) is 2.40. The zero-order valence-electron chi connectivity index (χ0n) is 11.0. The minimum Gasteiger partial charge on any atom is -0.347 e. The lowest BCUT2D eigenvalue weighted by Crippen LogP contribution is -2.26. The topological polar surface area (TPSA) is 66.5 Å². The smallest absolute Gasteiger partial charge is 0.253 e. The van der Waals surface area contributed by atoms with Gasteiger partial charge in [0.25, 0.3) is 5.91 Å². The first kappa shape index (κ1) is 17.2. The fraction of sp³-hybridized carbons (Fsp3) is 0.250. The minimum absolute atomic E-state index is 0.00900. The summed E-state index contributed by atoms with van der Waals surface area (Å²) in [5.41, 5.74) is 0.100. The summed E-state index contributed by atoms with van der Waals surface area (Å²) in [5, 5.41) is 2.75. The van der Waals surface area contributed by atoms with Crippen molar-refractivity contribution in [3.05, 3.63) is 39.8 Å². The van der Waals surface area contributed by atoms with E-state index in [0.29, 0.717) is 4.48 Å². The third-order valence-corrected chi connectivity index (χ3v) is 4.82. The molecule has 0 bridgehead atoms. The van der Waals surface area contributed by atoms with Gasteiger partial charge in [0.2, 0.25) is 10.0 Å². The van der Waals surface area contributed by atoms with Crippen LogP contribution in [0.2, 0.25) is 5.02 Å². The summed E-state index contributed by atoms with van der Waals surface area (Å²) in [6.45, 7) is 3.81. The number of halogens is 2. The van der Waals surface area contributed by atoms with Crippen molar-refractivity contribution in [3.8, 4) is 0 Å². The Morgan fingerprint density at radius 3 is 2.55 bits per heavy atom. The molecule has 0 saturated carbocycles. The van der Waals surface area contributed by atoms with E-state index >= 15 is 0 Å². The number of carbonyl (C=O) groups excluding carboxylic acids is 1. The SMILES string of the molecule is C=C(Br)CNC(=O)c1cc(S(=O)(=O)N(C)C)ccc1Cl. The Morgan fingerprint density at radius 1 is 1.45 bits per heavy atom. The number of nitrogens with zero attached hydrogens (tertiary/aromatic N) is 1. The molecule has 0 spiro atoms. The van der Waals surface area contributed by atoms with Gasteiger partial charge in [-0.1, -0.05) is 34.1 Å². The van der Waals surface area contributed by atoms with Crippen molar-refractivity contribution in [3.63, 3.8) is 0 Å². The highest BCUT2D eigenvalue weighted by Crippen LogP contribution is 2.22. The molecule has 0 radical (unpaired) electrons. The van der Waals surface area contributed by atoms with E-state index in [9.17, 15) is 13.2 Å². The van der Waals surface area contributed by atoms with Crippen LogP contribution < -0.4 is 5.32 Å². The molecule has 0 saturated heterocycles. The van der Waals surface area contributed by atoms with Gasteiger partial charge in [-0.05, 0) is 18.2 Å². The highest BCUT2D eigenvalue weighted by molar-refractivity contribution is 9.11. The standard InChI is InChI=1S/C12H14BrClN2O3S/c1-8(13)7-15-12(17)10-6-9(4-5-11(10)14)20(18,19)16(2)3/h4-6H,1,7H2,2-3H3,(H,15,17). The van der Waals surface area contributed by atoms with Crippen molar-refractivity contribution < 1.29 is 13.2 Å². The van der Waals surface area contributed by atoms with E-state index < -0.39 is 15.9 Å². The van der Waals surface area contributed by atoms with E-state index in [4.69, 9.17) is 11.6 Å². The summed E-state index contributed by atoms with van der Waals surface area (Å²) in [7, 11) is -0.783. The van der Waals surface area contributed by atoms with Crippen LogP contribution >= 0.6 is 27.5 Å². The van der Waals surface area contributed by atoms with Crippen LogP contribution in [0.25, 0.3) is 0 Å². The number of benzene rings is 1. The van der Waals surface area contributed by atoms with E-state index in [1.807, 2.05) is 0 Å². The van der Waals surface area contributed by atoms with Gasteiger partial charge >= 0.3 is 0 Å². The minimum atomic E-state index is -3.61. The Balaban J connectivity index is 3.16. The Hall–Kier alpha value is -0.890. The molecule has 0 heterocycles. The van der Waals surface area contributed by atoms with Crippen molar-refractivity contribution in [1.29, 1.82) is 0 Å². The molecular weight excluding hydrogens is 368 g/mol. The van der Waals surface area contributed by atoms with E-state index in [-0.39, 0.29) is 22.0 Å². The number of nitrogens with one attached hydrogen (secondary N) is 1. The molecule has 0 aliphatic heterocycles. The summed E-state index contributed by atoms with van der Waals surface area (Å²) in [6, 6.07) is 4.00. The maximum absolute atomic E-state index is 12.0. The number of amides is 1. The lowest BCUT2D eigenvalue weighted by atomic mass is 10.2. The molecule has 0 fully saturated rings. The maximum atomic E-state index is 12.0. The molecule has 8 heteroatoms. The number of hydrogen-bond donors (Lipinski definition) is 1. The van der Waals surface area contributed by atoms with Gasteiger partial charge in [-0.25, -0.2) is 12.7 Å². The number of sulfonamides is 1. The van der Waals surface area contributed by atoms with Crippen molar-refractivity contribution >= 4 is 43.5 Å². The van der Waals surface area contributed by atoms with Gasteiger partial charge in [-0.2, -0.15) is 0 Å². The van der Waals surface area contributed by atoms with Gasteiger partial charge in [0, 0.05) is 25.1 Å². The molecule has 0 aliphatic rings. The molecule has 1 aromatic carbocycles. The van der Waals surface area contributed by atoms with Gasteiger partial charge in [0.15, 0.2) is 0 Å². The Labute approximate surface area is 131 Å². The molecule has 0 atom stereocenters. The molecule has 20 heavy (non-hydrogen) atoms. The molecule has 1 rings (SSSR count). The number of carbonyl (C=O) groups is 1. The Kier molecular flexibility index (Phi) is 5.76. The molecule has 0 aromatic heterocycles. The van der Waals surface area contributed by atoms with Crippen LogP contribution in [0.5, 0.6) is 0 Å². The molecule has 0 unspecified atom stereocenters. The van der Waals surface area contributed by atoms with Crippen LogP contribution in [0.1, 0.15) is 10.4 Å². The highest BCUT2D eigenvalue weighted by Gasteiger charge is 2.20. The predicted octanol–water partition coefficient (Wildman–Crippen LogP) is 2.23. The average Bonchev–Trinajstić information content (AvgIpc) is 2.35. The van der Waals surface area contributed by atoms with Crippen LogP contribution in [-0.2, 0) is 10.0 Å². The van der Waals surface area contributed by atoms with Gasteiger partial charge in [0.1, 0.15) is 0 Å². The number of rotatable bonds is 5. The number of hydrogen-bond acceptors (Lipinski definition) is 3. The first-order chi connectivity index (χ1) is 9.16. The summed E-state index contributed by atoms with van der Waals surface area (Å²) in [4.78, 5) is 12.0. The van der Waals surface area contributed by atoms with Gasteiger partial charge in [-0.3, -0.25) is 4.79 Å². The normalized spacial score (nSPS) is 11.4. The van der Waals surface area contributed by atoms with Crippen molar-refractivity contribution in [2.24, 2.45) is 0 Å². The summed E-state index contributed by atoms with van der Waals surface area (Å²) in [6.07, 6.45) is 0. The molecule has 110 valence electrons. The maximum Gasteiger partial charge on any atom is 0.253 e. The molecule has 0 aliphatic carbocycles. The second kappa shape index (κ2) is 6.71. The first-order valence-corrected chi connectivity index (χ1v) is 8.11. The molecule has 5 nitrogen and oxygen atoms in total. The lowest BCUT2D eigenvalue weighted by Gasteiger charge is -2.13. The molecular formula is C12H14BrClN2O3S. The third kappa shape index (κ3) is 4.05. The Bertz CT molecular complexity index is 644. The van der Waals surface area contributed by atoms with Gasteiger partial charge in [-0.15, -0.1) is 0 Å². The monoisotopic (exact) mass is 380 g/mol. The molecule has 1 N–H and O–H groups in total. The highest BCUT2D eigenvalue weighted by atomic mass is 79.9. The van der Waals surface area contributed by atoms with Gasteiger partial charge in [0.05, 0.1) is 15.5 Å². The van der Waals surface area contributed by atoms with E-state index in [0.717, 1.165) is 4.31 Å². The Morgan fingerprint density at radius 2 is 2.05 bits per heavy atom. The van der Waals surface area contributed by atoms with E-state index in [2.05, 4.69) is 27.8 Å². The van der Waals surface area contributed by atoms with Crippen LogP contribution in [-0.4, -0.2) is 39.3 Å². The zero-order chi connectivity index (χ0) is 15.5. The van der Waals surface area contributed by atoms with Crippen LogP contribution in [0.3, 0.4) is 0 Å². The fourth-order valence-corrected chi connectivity index (χ4v) is 2.59. The average molecular weight is 382 g/mol. The molecule has 1 amide bonds. The first-order valence-electron chi connectivity index (χ1n) is 5.50. The summed E-state index contributed by atoms with van der Waals surface area (Å²) < 4.78 is 25.7. The van der Waals surface area contributed by atoms with Crippen molar-refractivity contribution in [1.82, 2.24) is 9.62 Å². The summed E-state index contributed by atoms with van der Waals surface area (Å²) in [5.74, 6) is -0.466. The van der Waals surface area contributed by atoms with Crippen LogP contribution in [0.4, 0.5) is 0 Å². The predicted molar refractivity (Wildman–Crippen MR) is 82.7 cm³/mol. The zero-order valence-corrected chi connectivity index (χ0v) is 14.1. The van der Waals surface area contributed by atoms with E-state index in [1.54, 1.807) is 0 Å².